The zero-order chi connectivity index (χ0) is 15.1. The Morgan fingerprint density at radius 2 is 2.05 bits per heavy atom. The zero-order valence-corrected chi connectivity index (χ0v) is 13.3. The van der Waals surface area contributed by atoms with Crippen molar-refractivity contribution in [2.24, 2.45) is 5.73 Å². The number of piperazine rings is 1. The molecule has 0 amide bonds. The first-order valence-corrected chi connectivity index (χ1v) is 8.07. The normalized spacial score (nSPS) is 17.8. The summed E-state index contributed by atoms with van der Waals surface area (Å²) >= 11 is 0. The van der Waals surface area contributed by atoms with Gasteiger partial charge in [0.2, 0.25) is 0 Å². The van der Waals surface area contributed by atoms with Gasteiger partial charge in [-0.15, -0.1) is 0 Å². The van der Waals surface area contributed by atoms with Crippen molar-refractivity contribution in [2.75, 3.05) is 44.2 Å². The van der Waals surface area contributed by atoms with Crippen LogP contribution in [0.5, 0.6) is 5.75 Å². The molecule has 0 saturated carbocycles. The molecule has 2 heterocycles. The molecule has 1 fully saturated rings. The maximum absolute atomic E-state index is 5.91. The van der Waals surface area contributed by atoms with Crippen LogP contribution in [0.4, 0.5) is 5.82 Å². The molecular weight excluding hydrogens is 264 g/mol. The van der Waals surface area contributed by atoms with E-state index in [-0.39, 0.29) is 0 Å². The maximum atomic E-state index is 5.91. The average Bonchev–Trinajstić information content (AvgIpc) is 2.54. The number of ether oxygens (including phenoxy) is 1. The predicted molar refractivity (Wildman–Crippen MR) is 86.9 cm³/mol. The summed E-state index contributed by atoms with van der Waals surface area (Å²) in [6.45, 7) is 9.71. The smallest absolute Gasteiger partial charge is 0.171 e. The van der Waals surface area contributed by atoms with Gasteiger partial charge in [-0.2, -0.15) is 0 Å². The molecule has 21 heavy (non-hydrogen) atoms. The van der Waals surface area contributed by atoms with Crippen molar-refractivity contribution in [3.05, 3.63) is 18.3 Å². The number of aromatic nitrogens is 1. The van der Waals surface area contributed by atoms with Crippen molar-refractivity contribution in [1.82, 2.24) is 9.88 Å². The van der Waals surface area contributed by atoms with Crippen LogP contribution in [-0.2, 0) is 0 Å². The standard InChI is InChI=1S/C16H28N4O/c1-3-6-14(13-17)19-9-11-20(12-10-19)16-15(21-4-2)7-5-8-18-16/h5,7-8,14H,3-4,6,9-13,17H2,1-2H3. The lowest BCUT2D eigenvalue weighted by Crippen LogP contribution is -2.52. The molecule has 0 aromatic carbocycles. The molecule has 0 bridgehead atoms. The van der Waals surface area contributed by atoms with Gasteiger partial charge < -0.3 is 15.4 Å². The van der Waals surface area contributed by atoms with Crippen LogP contribution < -0.4 is 15.4 Å². The predicted octanol–water partition coefficient (Wildman–Crippen LogP) is 1.73. The first kappa shape index (κ1) is 16.0. The zero-order valence-electron chi connectivity index (χ0n) is 13.3. The van der Waals surface area contributed by atoms with E-state index < -0.39 is 0 Å². The second kappa shape index (κ2) is 8.20. The van der Waals surface area contributed by atoms with Crippen LogP contribution in [0.2, 0.25) is 0 Å². The number of hydrogen-bond donors (Lipinski definition) is 1. The van der Waals surface area contributed by atoms with Gasteiger partial charge in [0.1, 0.15) is 0 Å². The first-order chi connectivity index (χ1) is 10.3. The third-order valence-corrected chi connectivity index (χ3v) is 4.07. The molecule has 0 spiro atoms. The fourth-order valence-electron chi connectivity index (χ4n) is 2.97. The lowest BCUT2D eigenvalue weighted by atomic mass is 10.1. The molecule has 5 nitrogen and oxygen atoms in total. The Morgan fingerprint density at radius 1 is 1.29 bits per heavy atom. The van der Waals surface area contributed by atoms with Crippen molar-refractivity contribution < 1.29 is 4.74 Å². The summed E-state index contributed by atoms with van der Waals surface area (Å²) in [5.74, 6) is 1.86. The highest BCUT2D eigenvalue weighted by Gasteiger charge is 2.24. The van der Waals surface area contributed by atoms with E-state index >= 15 is 0 Å². The minimum Gasteiger partial charge on any atom is -0.490 e. The molecule has 2 rings (SSSR count). The highest BCUT2D eigenvalue weighted by molar-refractivity contribution is 5.52. The summed E-state index contributed by atoms with van der Waals surface area (Å²) in [6.07, 6.45) is 4.21. The summed E-state index contributed by atoms with van der Waals surface area (Å²) in [4.78, 5) is 9.34. The van der Waals surface area contributed by atoms with E-state index in [4.69, 9.17) is 10.5 Å². The van der Waals surface area contributed by atoms with E-state index in [2.05, 4.69) is 21.7 Å². The first-order valence-electron chi connectivity index (χ1n) is 8.07. The fraction of sp³-hybridized carbons (Fsp3) is 0.688. The lowest BCUT2D eigenvalue weighted by Gasteiger charge is -2.39. The number of nitrogens with zero attached hydrogens (tertiary/aromatic N) is 3. The molecule has 1 saturated heterocycles. The number of pyridine rings is 1. The van der Waals surface area contributed by atoms with Crippen molar-refractivity contribution in [3.8, 4) is 5.75 Å². The molecule has 118 valence electrons. The fourth-order valence-corrected chi connectivity index (χ4v) is 2.97. The summed E-state index contributed by atoms with van der Waals surface area (Å²) in [7, 11) is 0. The van der Waals surface area contributed by atoms with Crippen LogP contribution in [0.1, 0.15) is 26.7 Å². The SMILES string of the molecule is CCCC(CN)N1CCN(c2ncccc2OCC)CC1. The van der Waals surface area contributed by atoms with Gasteiger partial charge in [-0.25, -0.2) is 4.98 Å². The van der Waals surface area contributed by atoms with Crippen molar-refractivity contribution in [2.45, 2.75) is 32.7 Å². The number of rotatable bonds is 7. The van der Waals surface area contributed by atoms with E-state index in [0.29, 0.717) is 12.6 Å². The minimum absolute atomic E-state index is 0.521. The largest absolute Gasteiger partial charge is 0.490 e. The van der Waals surface area contributed by atoms with Crippen molar-refractivity contribution in [1.29, 1.82) is 0 Å². The summed E-state index contributed by atoms with van der Waals surface area (Å²) in [5.41, 5.74) is 5.91. The van der Waals surface area contributed by atoms with Gasteiger partial charge in [-0.3, -0.25) is 4.90 Å². The Kier molecular flexibility index (Phi) is 6.26. The molecule has 1 atom stereocenters. The number of anilines is 1. The van der Waals surface area contributed by atoms with Crippen LogP contribution in [0, 0.1) is 0 Å². The molecule has 1 aliphatic rings. The van der Waals surface area contributed by atoms with Gasteiger partial charge in [-0.1, -0.05) is 13.3 Å². The van der Waals surface area contributed by atoms with Gasteiger partial charge in [0.05, 0.1) is 6.61 Å². The molecule has 1 aromatic rings. The summed E-state index contributed by atoms with van der Waals surface area (Å²) in [5, 5.41) is 0. The second-order valence-electron chi connectivity index (χ2n) is 5.46. The quantitative estimate of drug-likeness (QED) is 0.829. The highest BCUT2D eigenvalue weighted by atomic mass is 16.5. The Bertz CT molecular complexity index is 418. The van der Waals surface area contributed by atoms with Crippen LogP contribution in [0.25, 0.3) is 0 Å². The second-order valence-corrected chi connectivity index (χ2v) is 5.46. The van der Waals surface area contributed by atoms with Gasteiger partial charge >= 0.3 is 0 Å². The summed E-state index contributed by atoms with van der Waals surface area (Å²) < 4.78 is 5.69. The topological polar surface area (TPSA) is 54.6 Å². The van der Waals surface area contributed by atoms with Gasteiger partial charge in [0, 0.05) is 45.0 Å². The van der Waals surface area contributed by atoms with Gasteiger partial charge in [0.25, 0.3) is 0 Å². The third-order valence-electron chi connectivity index (χ3n) is 4.07. The van der Waals surface area contributed by atoms with Crippen LogP contribution in [-0.4, -0.2) is 55.3 Å². The summed E-state index contributed by atoms with van der Waals surface area (Å²) in [6, 6.07) is 4.45. The Morgan fingerprint density at radius 3 is 2.67 bits per heavy atom. The molecule has 1 aromatic heterocycles. The molecule has 5 heteroatoms. The molecule has 2 N–H and O–H groups in total. The molecule has 1 aliphatic heterocycles. The molecule has 0 aliphatic carbocycles. The number of nitrogens with two attached hydrogens (primary N) is 1. The monoisotopic (exact) mass is 292 g/mol. The van der Waals surface area contributed by atoms with Crippen LogP contribution in [0.3, 0.4) is 0 Å². The molecular formula is C16H28N4O. The van der Waals surface area contributed by atoms with Crippen LogP contribution >= 0.6 is 0 Å². The maximum Gasteiger partial charge on any atom is 0.171 e. The molecule has 0 radical (unpaired) electrons. The third kappa shape index (κ3) is 4.08. The Labute approximate surface area is 128 Å². The van der Waals surface area contributed by atoms with Crippen molar-refractivity contribution >= 4 is 5.82 Å². The molecule has 1 unspecified atom stereocenters. The lowest BCUT2D eigenvalue weighted by molar-refractivity contribution is 0.178. The number of hydrogen-bond acceptors (Lipinski definition) is 5. The van der Waals surface area contributed by atoms with E-state index in [1.54, 1.807) is 0 Å². The van der Waals surface area contributed by atoms with Gasteiger partial charge in [0.15, 0.2) is 11.6 Å². The van der Waals surface area contributed by atoms with E-state index in [1.165, 1.54) is 12.8 Å². The van der Waals surface area contributed by atoms with E-state index in [0.717, 1.165) is 44.3 Å². The van der Waals surface area contributed by atoms with Crippen molar-refractivity contribution in [3.63, 3.8) is 0 Å². The van der Waals surface area contributed by atoms with Gasteiger partial charge in [-0.05, 0) is 25.5 Å². The van der Waals surface area contributed by atoms with Crippen LogP contribution in [0.15, 0.2) is 18.3 Å². The highest BCUT2D eigenvalue weighted by Crippen LogP contribution is 2.26. The Balaban J connectivity index is 1.97. The van der Waals surface area contributed by atoms with E-state index in [1.807, 2.05) is 25.3 Å². The Hall–Kier alpha value is -1.33. The average molecular weight is 292 g/mol. The minimum atomic E-state index is 0.521. The van der Waals surface area contributed by atoms with E-state index in [9.17, 15) is 0 Å².